The van der Waals surface area contributed by atoms with E-state index in [1.807, 2.05) is 6.92 Å². The quantitative estimate of drug-likeness (QED) is 0.724. The van der Waals surface area contributed by atoms with Crippen molar-refractivity contribution in [2.45, 2.75) is 39.2 Å². The smallest absolute Gasteiger partial charge is 0.323 e. The molecule has 0 aromatic rings. The first-order valence-corrected chi connectivity index (χ1v) is 7.07. The third kappa shape index (κ3) is 5.06. The largest absolute Gasteiger partial charge is 0.480 e. The summed E-state index contributed by atoms with van der Waals surface area (Å²) in [5, 5.41) is 11.7. The highest BCUT2D eigenvalue weighted by Crippen LogP contribution is 2.15. The van der Waals surface area contributed by atoms with Crippen LogP contribution in [0.5, 0.6) is 0 Å². The maximum absolute atomic E-state index is 12.0. The summed E-state index contributed by atoms with van der Waals surface area (Å²) in [6.45, 7) is 6.97. The summed E-state index contributed by atoms with van der Waals surface area (Å²) >= 11 is 0. The first-order chi connectivity index (χ1) is 9.08. The number of amides is 2. The van der Waals surface area contributed by atoms with Crippen molar-refractivity contribution >= 4 is 12.0 Å². The fourth-order valence-electron chi connectivity index (χ4n) is 2.55. The lowest BCUT2D eigenvalue weighted by atomic mass is 10.2. The number of carboxylic acids is 1. The van der Waals surface area contributed by atoms with Gasteiger partial charge in [0.15, 0.2) is 0 Å². The number of urea groups is 1. The number of hydrogen-bond donors (Lipinski definition) is 2. The number of nitrogens with one attached hydrogen (secondary N) is 1. The van der Waals surface area contributed by atoms with E-state index in [0.717, 1.165) is 25.9 Å². The van der Waals surface area contributed by atoms with E-state index in [2.05, 4.69) is 17.1 Å². The van der Waals surface area contributed by atoms with Crippen LogP contribution in [0.25, 0.3) is 0 Å². The van der Waals surface area contributed by atoms with Crippen molar-refractivity contribution in [2.24, 2.45) is 0 Å². The fraction of sp³-hybridized carbons (Fsp3) is 0.846. The van der Waals surface area contributed by atoms with Crippen LogP contribution < -0.4 is 5.32 Å². The van der Waals surface area contributed by atoms with Crippen LogP contribution in [0, 0.1) is 0 Å². The average molecular weight is 271 g/mol. The van der Waals surface area contributed by atoms with Crippen molar-refractivity contribution in [2.75, 3.05) is 32.7 Å². The summed E-state index contributed by atoms with van der Waals surface area (Å²) in [4.78, 5) is 26.4. The Morgan fingerprint density at radius 3 is 2.74 bits per heavy atom. The van der Waals surface area contributed by atoms with Gasteiger partial charge in [0.2, 0.25) is 0 Å². The van der Waals surface area contributed by atoms with Gasteiger partial charge in [-0.1, -0.05) is 13.8 Å². The summed E-state index contributed by atoms with van der Waals surface area (Å²) in [5.74, 6) is -0.973. The van der Waals surface area contributed by atoms with E-state index in [1.54, 1.807) is 0 Å². The Morgan fingerprint density at radius 1 is 1.42 bits per heavy atom. The van der Waals surface area contributed by atoms with Crippen LogP contribution in [0.2, 0.25) is 0 Å². The number of rotatable bonds is 7. The van der Waals surface area contributed by atoms with Crippen LogP contribution in [-0.4, -0.2) is 65.7 Å². The van der Waals surface area contributed by atoms with Crippen molar-refractivity contribution in [3.05, 3.63) is 0 Å². The molecule has 1 heterocycles. The van der Waals surface area contributed by atoms with Crippen molar-refractivity contribution in [1.29, 1.82) is 0 Å². The van der Waals surface area contributed by atoms with Gasteiger partial charge in [-0.15, -0.1) is 0 Å². The minimum absolute atomic E-state index is 0.234. The monoisotopic (exact) mass is 271 g/mol. The minimum atomic E-state index is -0.973. The number of carboxylic acid groups (broad SMARTS) is 1. The van der Waals surface area contributed by atoms with E-state index in [1.165, 1.54) is 11.3 Å². The SMILES string of the molecule is CCCN(CC(=O)O)C(=O)NCC1CCCN1CC. The number of likely N-dealkylation sites (N-methyl/N-ethyl adjacent to an activating group) is 1. The number of nitrogens with zero attached hydrogens (tertiary/aromatic N) is 2. The molecule has 1 rings (SSSR count). The second kappa shape index (κ2) is 7.99. The fourth-order valence-corrected chi connectivity index (χ4v) is 2.55. The molecule has 110 valence electrons. The predicted molar refractivity (Wildman–Crippen MR) is 73.2 cm³/mol. The van der Waals surface area contributed by atoms with Gasteiger partial charge in [-0.25, -0.2) is 4.79 Å². The molecule has 19 heavy (non-hydrogen) atoms. The predicted octanol–water partition coefficient (Wildman–Crippen LogP) is 0.977. The summed E-state index contributed by atoms with van der Waals surface area (Å²) in [6, 6.07) is 0.120. The van der Waals surface area contributed by atoms with Crippen molar-refractivity contribution in [3.8, 4) is 0 Å². The molecular formula is C13H25N3O3. The van der Waals surface area contributed by atoms with E-state index < -0.39 is 5.97 Å². The standard InChI is InChI=1S/C13H25N3O3/c1-3-7-16(10-12(17)18)13(19)14-9-11-6-5-8-15(11)4-2/h11H,3-10H2,1-2H3,(H,14,19)(H,17,18). The number of carbonyl (C=O) groups excluding carboxylic acids is 1. The van der Waals surface area contributed by atoms with Crippen LogP contribution in [-0.2, 0) is 4.79 Å². The molecular weight excluding hydrogens is 246 g/mol. The molecule has 0 spiro atoms. The first-order valence-electron chi connectivity index (χ1n) is 7.07. The van der Waals surface area contributed by atoms with Gasteiger partial charge in [-0.3, -0.25) is 9.69 Å². The Hall–Kier alpha value is -1.30. The molecule has 1 aliphatic rings. The summed E-state index contributed by atoms with van der Waals surface area (Å²) in [7, 11) is 0. The minimum Gasteiger partial charge on any atom is -0.480 e. The second-order valence-electron chi connectivity index (χ2n) is 4.93. The highest BCUT2D eigenvalue weighted by Gasteiger charge is 2.24. The lowest BCUT2D eigenvalue weighted by molar-refractivity contribution is -0.137. The molecule has 0 aliphatic carbocycles. The molecule has 6 heteroatoms. The van der Waals surface area contributed by atoms with Gasteiger partial charge in [-0.05, 0) is 32.4 Å². The van der Waals surface area contributed by atoms with Crippen LogP contribution >= 0.6 is 0 Å². The average Bonchev–Trinajstić information content (AvgIpc) is 2.82. The summed E-state index contributed by atoms with van der Waals surface area (Å²) < 4.78 is 0. The normalized spacial score (nSPS) is 19.4. The molecule has 1 atom stereocenters. The third-order valence-corrected chi connectivity index (χ3v) is 3.50. The van der Waals surface area contributed by atoms with E-state index in [-0.39, 0.29) is 12.6 Å². The number of hydrogen-bond acceptors (Lipinski definition) is 3. The highest BCUT2D eigenvalue weighted by molar-refractivity contribution is 5.80. The van der Waals surface area contributed by atoms with Crippen LogP contribution in [0.3, 0.4) is 0 Å². The van der Waals surface area contributed by atoms with Gasteiger partial charge in [0.05, 0.1) is 0 Å². The van der Waals surface area contributed by atoms with Crippen molar-refractivity contribution in [3.63, 3.8) is 0 Å². The number of aliphatic carboxylic acids is 1. The molecule has 1 fully saturated rings. The molecule has 0 aromatic heterocycles. The maximum atomic E-state index is 12.0. The Balaban J connectivity index is 2.40. The molecule has 1 unspecified atom stereocenters. The Bertz CT molecular complexity index is 310. The molecule has 0 bridgehead atoms. The second-order valence-corrected chi connectivity index (χ2v) is 4.93. The lowest BCUT2D eigenvalue weighted by Gasteiger charge is -2.25. The topological polar surface area (TPSA) is 72.9 Å². The van der Waals surface area contributed by atoms with E-state index in [0.29, 0.717) is 19.1 Å². The first kappa shape index (κ1) is 15.8. The van der Waals surface area contributed by atoms with Gasteiger partial charge in [-0.2, -0.15) is 0 Å². The van der Waals surface area contributed by atoms with Crippen LogP contribution in [0.4, 0.5) is 4.79 Å². The molecule has 0 saturated carbocycles. The highest BCUT2D eigenvalue weighted by atomic mass is 16.4. The van der Waals surface area contributed by atoms with Gasteiger partial charge in [0, 0.05) is 19.1 Å². The Kier molecular flexibility index (Phi) is 6.62. The van der Waals surface area contributed by atoms with Crippen LogP contribution in [0.1, 0.15) is 33.1 Å². The third-order valence-electron chi connectivity index (χ3n) is 3.50. The molecule has 1 aliphatic heterocycles. The number of carbonyl (C=O) groups is 2. The van der Waals surface area contributed by atoms with Gasteiger partial charge >= 0.3 is 12.0 Å². The molecule has 0 aromatic carbocycles. The van der Waals surface area contributed by atoms with Crippen molar-refractivity contribution in [1.82, 2.24) is 15.1 Å². The van der Waals surface area contributed by atoms with Crippen molar-refractivity contribution < 1.29 is 14.7 Å². The molecule has 0 radical (unpaired) electrons. The Morgan fingerprint density at radius 2 is 2.16 bits per heavy atom. The van der Waals surface area contributed by atoms with Gasteiger partial charge < -0.3 is 15.3 Å². The zero-order valence-corrected chi connectivity index (χ0v) is 11.9. The van der Waals surface area contributed by atoms with Gasteiger partial charge in [0.1, 0.15) is 6.54 Å². The molecule has 2 amide bonds. The van der Waals surface area contributed by atoms with E-state index in [4.69, 9.17) is 5.11 Å². The molecule has 2 N–H and O–H groups in total. The van der Waals surface area contributed by atoms with Crippen LogP contribution in [0.15, 0.2) is 0 Å². The maximum Gasteiger partial charge on any atom is 0.323 e. The summed E-state index contributed by atoms with van der Waals surface area (Å²) in [5.41, 5.74) is 0. The lowest BCUT2D eigenvalue weighted by Crippen LogP contribution is -2.47. The zero-order chi connectivity index (χ0) is 14.3. The number of likely N-dealkylation sites (tertiary alicyclic amines) is 1. The van der Waals surface area contributed by atoms with Gasteiger partial charge in [0.25, 0.3) is 0 Å². The Labute approximate surface area is 114 Å². The molecule has 6 nitrogen and oxygen atoms in total. The zero-order valence-electron chi connectivity index (χ0n) is 11.9. The van der Waals surface area contributed by atoms with E-state index in [9.17, 15) is 9.59 Å². The summed E-state index contributed by atoms with van der Waals surface area (Å²) in [6.07, 6.45) is 3.02. The van der Waals surface area contributed by atoms with E-state index >= 15 is 0 Å². The molecule has 1 saturated heterocycles.